The van der Waals surface area contributed by atoms with Crippen LogP contribution in [0.1, 0.15) is 18.7 Å². The van der Waals surface area contributed by atoms with Crippen LogP contribution >= 0.6 is 11.6 Å². The first kappa shape index (κ1) is 18.5. The highest BCUT2D eigenvalue weighted by molar-refractivity contribution is 6.33. The van der Waals surface area contributed by atoms with Crippen LogP contribution < -0.4 is 10.2 Å². The number of benzene rings is 1. The maximum atomic E-state index is 12.7. The summed E-state index contributed by atoms with van der Waals surface area (Å²) >= 11 is 6.29. The molecule has 0 bridgehead atoms. The Morgan fingerprint density at radius 3 is 2.77 bits per heavy atom. The Kier molecular flexibility index (Phi) is 5.96. The fourth-order valence-corrected chi connectivity index (χ4v) is 2.99. The van der Waals surface area contributed by atoms with Crippen molar-refractivity contribution in [3.63, 3.8) is 0 Å². The molecule has 1 N–H and O–H groups in total. The summed E-state index contributed by atoms with van der Waals surface area (Å²) < 4.78 is 5.39. The number of ether oxygens (including phenoxy) is 1. The van der Waals surface area contributed by atoms with Crippen LogP contribution in [-0.2, 0) is 4.74 Å². The fourth-order valence-electron chi connectivity index (χ4n) is 2.83. The second kappa shape index (κ2) is 8.38. The molecular formula is C19H23ClN4O2. The molecule has 2 heterocycles. The molecule has 0 saturated carbocycles. The molecule has 0 radical (unpaired) electrons. The fraction of sp³-hybridized carbons (Fsp3) is 0.368. The first-order valence-electron chi connectivity index (χ1n) is 8.63. The van der Waals surface area contributed by atoms with Gasteiger partial charge in [-0.3, -0.25) is 4.98 Å². The van der Waals surface area contributed by atoms with E-state index in [-0.39, 0.29) is 12.1 Å². The molecule has 0 spiro atoms. The Morgan fingerprint density at radius 2 is 2.08 bits per heavy atom. The third-order valence-electron chi connectivity index (χ3n) is 4.58. The first-order chi connectivity index (χ1) is 12.6. The van der Waals surface area contributed by atoms with E-state index in [2.05, 4.69) is 15.2 Å². The first-order valence-corrected chi connectivity index (χ1v) is 9.01. The summed E-state index contributed by atoms with van der Waals surface area (Å²) in [6.45, 7) is 4.99. The number of carbonyl (C=O) groups excluding carboxylic acids is 1. The largest absolute Gasteiger partial charge is 0.378 e. The summed E-state index contributed by atoms with van der Waals surface area (Å²) in [4.78, 5) is 20.8. The summed E-state index contributed by atoms with van der Waals surface area (Å²) in [5.41, 5.74) is 2.45. The Hall–Kier alpha value is -2.31. The number of pyridine rings is 1. The molecule has 1 fully saturated rings. The molecule has 2 aromatic rings. The zero-order chi connectivity index (χ0) is 18.5. The highest BCUT2D eigenvalue weighted by Crippen LogP contribution is 2.29. The van der Waals surface area contributed by atoms with E-state index in [0.717, 1.165) is 24.5 Å². The molecule has 7 heteroatoms. The normalized spacial score (nSPS) is 15.4. The molecule has 26 heavy (non-hydrogen) atoms. The molecule has 0 unspecified atom stereocenters. The van der Waals surface area contributed by atoms with Crippen molar-refractivity contribution in [3.8, 4) is 0 Å². The lowest BCUT2D eigenvalue weighted by molar-refractivity contribution is 0.122. The quantitative estimate of drug-likeness (QED) is 0.884. The Bertz CT molecular complexity index is 750. The van der Waals surface area contributed by atoms with Gasteiger partial charge in [0.05, 0.1) is 35.7 Å². The average Bonchev–Trinajstić information content (AvgIpc) is 2.69. The number of amides is 2. The number of anilines is 2. The number of aromatic nitrogens is 1. The average molecular weight is 375 g/mol. The zero-order valence-electron chi connectivity index (χ0n) is 15.0. The standard InChI is InChI=1S/C19H23ClN4O2/c1-14(17-5-3-4-8-21-17)23(2)19(25)22-18-13-15(6-7-16(18)20)24-9-11-26-12-10-24/h3-8,13-14H,9-12H2,1-2H3,(H,22,25)/t14-/m1/s1. The molecule has 6 nitrogen and oxygen atoms in total. The van der Waals surface area contributed by atoms with Crippen molar-refractivity contribution in [2.24, 2.45) is 0 Å². The van der Waals surface area contributed by atoms with Gasteiger partial charge in [0.1, 0.15) is 0 Å². The minimum absolute atomic E-state index is 0.155. The van der Waals surface area contributed by atoms with Crippen molar-refractivity contribution < 1.29 is 9.53 Å². The van der Waals surface area contributed by atoms with Crippen LogP contribution in [0.3, 0.4) is 0 Å². The second-order valence-electron chi connectivity index (χ2n) is 6.24. The van der Waals surface area contributed by atoms with Crippen molar-refractivity contribution in [2.45, 2.75) is 13.0 Å². The summed E-state index contributed by atoms with van der Waals surface area (Å²) in [7, 11) is 1.74. The predicted molar refractivity (Wildman–Crippen MR) is 104 cm³/mol. The van der Waals surface area contributed by atoms with Gasteiger partial charge in [0, 0.05) is 32.0 Å². The number of hydrogen-bond acceptors (Lipinski definition) is 4. The minimum atomic E-state index is -0.232. The number of carbonyl (C=O) groups is 1. The minimum Gasteiger partial charge on any atom is -0.378 e. The van der Waals surface area contributed by atoms with E-state index in [9.17, 15) is 4.79 Å². The highest BCUT2D eigenvalue weighted by atomic mass is 35.5. The molecule has 138 valence electrons. The number of nitrogens with one attached hydrogen (secondary N) is 1. The molecular weight excluding hydrogens is 352 g/mol. The SMILES string of the molecule is C[C@H](c1ccccn1)N(C)C(=O)Nc1cc(N2CCOCC2)ccc1Cl. The van der Waals surface area contributed by atoms with E-state index in [1.165, 1.54) is 0 Å². The molecule has 1 aromatic carbocycles. The number of hydrogen-bond donors (Lipinski definition) is 1. The summed E-state index contributed by atoms with van der Waals surface area (Å²) in [5.74, 6) is 0. The summed E-state index contributed by atoms with van der Waals surface area (Å²) in [6, 6.07) is 11.0. The lowest BCUT2D eigenvalue weighted by Crippen LogP contribution is -2.36. The molecule has 1 aliphatic heterocycles. The molecule has 1 aromatic heterocycles. The number of rotatable bonds is 4. The number of morpholine rings is 1. The van der Waals surface area contributed by atoms with Gasteiger partial charge in [0.2, 0.25) is 0 Å². The lowest BCUT2D eigenvalue weighted by atomic mass is 10.2. The van der Waals surface area contributed by atoms with E-state index in [1.54, 1.807) is 18.1 Å². The molecule has 1 saturated heterocycles. The van der Waals surface area contributed by atoms with E-state index in [0.29, 0.717) is 23.9 Å². The van der Waals surface area contributed by atoms with Crippen LogP contribution in [0.5, 0.6) is 0 Å². The highest BCUT2D eigenvalue weighted by Gasteiger charge is 2.20. The van der Waals surface area contributed by atoms with E-state index >= 15 is 0 Å². The Labute approximate surface area is 158 Å². The van der Waals surface area contributed by atoms with Gasteiger partial charge in [0.25, 0.3) is 0 Å². The summed E-state index contributed by atoms with van der Waals surface area (Å²) in [6.07, 6.45) is 1.72. The van der Waals surface area contributed by atoms with Gasteiger partial charge in [-0.1, -0.05) is 17.7 Å². The maximum absolute atomic E-state index is 12.7. The maximum Gasteiger partial charge on any atom is 0.322 e. The van der Waals surface area contributed by atoms with Crippen molar-refractivity contribution in [1.82, 2.24) is 9.88 Å². The topological polar surface area (TPSA) is 57.7 Å². The van der Waals surface area contributed by atoms with Gasteiger partial charge in [-0.25, -0.2) is 4.79 Å². The Morgan fingerprint density at radius 1 is 1.31 bits per heavy atom. The Balaban J connectivity index is 1.72. The monoisotopic (exact) mass is 374 g/mol. The van der Waals surface area contributed by atoms with Gasteiger partial charge in [0.15, 0.2) is 0 Å². The smallest absolute Gasteiger partial charge is 0.322 e. The number of nitrogens with zero attached hydrogens (tertiary/aromatic N) is 3. The molecule has 2 amide bonds. The van der Waals surface area contributed by atoms with Crippen molar-refractivity contribution in [1.29, 1.82) is 0 Å². The number of halogens is 1. The van der Waals surface area contributed by atoms with Crippen LogP contribution in [0, 0.1) is 0 Å². The van der Waals surface area contributed by atoms with Crippen LogP contribution in [0.2, 0.25) is 5.02 Å². The molecule has 1 aliphatic rings. The predicted octanol–water partition coefficient (Wildman–Crippen LogP) is 3.80. The van der Waals surface area contributed by atoms with Gasteiger partial charge in [-0.15, -0.1) is 0 Å². The summed E-state index contributed by atoms with van der Waals surface area (Å²) in [5, 5.41) is 3.42. The molecule has 0 aliphatic carbocycles. The van der Waals surface area contributed by atoms with Gasteiger partial charge in [-0.2, -0.15) is 0 Å². The van der Waals surface area contributed by atoms with Crippen LogP contribution in [0.15, 0.2) is 42.6 Å². The molecule has 3 rings (SSSR count). The van der Waals surface area contributed by atoms with E-state index in [1.807, 2.05) is 43.3 Å². The molecule has 1 atom stereocenters. The number of urea groups is 1. The van der Waals surface area contributed by atoms with Gasteiger partial charge >= 0.3 is 6.03 Å². The van der Waals surface area contributed by atoms with E-state index in [4.69, 9.17) is 16.3 Å². The third-order valence-corrected chi connectivity index (χ3v) is 4.91. The third kappa shape index (κ3) is 4.26. The van der Waals surface area contributed by atoms with Gasteiger partial charge < -0.3 is 19.9 Å². The van der Waals surface area contributed by atoms with Crippen molar-refractivity contribution >= 4 is 29.0 Å². The lowest BCUT2D eigenvalue weighted by Gasteiger charge is -2.29. The van der Waals surface area contributed by atoms with Crippen molar-refractivity contribution in [2.75, 3.05) is 43.6 Å². The van der Waals surface area contributed by atoms with Crippen LogP contribution in [-0.4, -0.2) is 49.3 Å². The van der Waals surface area contributed by atoms with Crippen LogP contribution in [0.25, 0.3) is 0 Å². The van der Waals surface area contributed by atoms with Crippen LogP contribution in [0.4, 0.5) is 16.2 Å². The van der Waals surface area contributed by atoms with Gasteiger partial charge in [-0.05, 0) is 37.3 Å². The second-order valence-corrected chi connectivity index (χ2v) is 6.64. The van der Waals surface area contributed by atoms with Crippen molar-refractivity contribution in [3.05, 3.63) is 53.3 Å². The zero-order valence-corrected chi connectivity index (χ0v) is 15.7. The van der Waals surface area contributed by atoms with E-state index < -0.39 is 0 Å².